The Balaban J connectivity index is 2.39. The van der Waals surface area contributed by atoms with E-state index in [9.17, 15) is 4.79 Å². The molecular weight excluding hydrogens is 286 g/mol. The molecule has 0 aromatic heterocycles. The molecule has 0 aliphatic carbocycles. The third kappa shape index (κ3) is 3.38. The van der Waals surface area contributed by atoms with Crippen molar-refractivity contribution in [3.8, 4) is 6.07 Å². The number of hydrogen-bond donors (Lipinski definition) is 3. The second-order valence-electron chi connectivity index (χ2n) is 4.64. The summed E-state index contributed by atoms with van der Waals surface area (Å²) >= 11 is 4.37. The van der Waals surface area contributed by atoms with Crippen molar-refractivity contribution in [2.75, 3.05) is 6.61 Å². The van der Waals surface area contributed by atoms with Crippen LogP contribution in [0.25, 0.3) is 0 Å². The van der Waals surface area contributed by atoms with Crippen LogP contribution in [-0.2, 0) is 9.53 Å². The molecule has 0 fully saturated rings. The van der Waals surface area contributed by atoms with Gasteiger partial charge in [0.15, 0.2) is 0 Å². The van der Waals surface area contributed by atoms with Gasteiger partial charge in [-0.2, -0.15) is 5.26 Å². The lowest BCUT2D eigenvalue weighted by Gasteiger charge is -2.32. The minimum Gasteiger partial charge on any atom is -0.463 e. The maximum absolute atomic E-state index is 12.2. The molecule has 0 saturated carbocycles. The summed E-state index contributed by atoms with van der Waals surface area (Å²) in [5.74, 6) is -0.357. The Morgan fingerprint density at radius 3 is 2.67 bits per heavy atom. The van der Waals surface area contributed by atoms with Gasteiger partial charge in [-0.05, 0) is 31.5 Å². The highest BCUT2D eigenvalue weighted by Crippen LogP contribution is 2.29. The molecule has 0 spiro atoms. The topological polar surface area (TPSA) is 74.2 Å². The number of nitrogens with one attached hydrogen (secondary N) is 2. The first-order valence-corrected chi connectivity index (χ1v) is 7.17. The molecule has 6 heteroatoms. The number of nitriles is 1. The molecule has 1 aliphatic rings. The SMILES string of the molecule is CCOC(=O)C1=C(C)NC(S)NC1c1ccc(C#N)cc1. The van der Waals surface area contributed by atoms with Crippen LogP contribution in [0.15, 0.2) is 35.5 Å². The van der Waals surface area contributed by atoms with E-state index >= 15 is 0 Å². The first kappa shape index (κ1) is 15.4. The average Bonchev–Trinajstić information content (AvgIpc) is 2.46. The van der Waals surface area contributed by atoms with Crippen molar-refractivity contribution in [2.45, 2.75) is 25.4 Å². The lowest BCUT2D eigenvalue weighted by atomic mass is 9.95. The van der Waals surface area contributed by atoms with Crippen LogP contribution in [0, 0.1) is 11.3 Å². The normalized spacial score (nSPS) is 21.4. The molecule has 1 heterocycles. The van der Waals surface area contributed by atoms with Crippen LogP contribution >= 0.6 is 12.6 Å². The Kier molecular flexibility index (Phi) is 4.89. The zero-order chi connectivity index (χ0) is 15.4. The van der Waals surface area contributed by atoms with E-state index in [0.717, 1.165) is 11.3 Å². The number of nitrogens with zero attached hydrogens (tertiary/aromatic N) is 1. The lowest BCUT2D eigenvalue weighted by molar-refractivity contribution is -0.139. The largest absolute Gasteiger partial charge is 0.463 e. The molecular formula is C15H17N3O2S. The van der Waals surface area contributed by atoms with Crippen LogP contribution in [-0.4, -0.2) is 18.1 Å². The van der Waals surface area contributed by atoms with Crippen molar-refractivity contribution in [1.82, 2.24) is 10.6 Å². The number of hydrogen-bond acceptors (Lipinski definition) is 6. The summed E-state index contributed by atoms with van der Waals surface area (Å²) in [5.41, 5.74) is 2.47. The molecule has 5 nitrogen and oxygen atoms in total. The van der Waals surface area contributed by atoms with Crippen LogP contribution < -0.4 is 10.6 Å². The molecule has 0 amide bonds. The van der Waals surface area contributed by atoms with E-state index in [2.05, 4.69) is 29.3 Å². The fourth-order valence-electron chi connectivity index (χ4n) is 2.27. The van der Waals surface area contributed by atoms with Crippen molar-refractivity contribution in [2.24, 2.45) is 0 Å². The minimum absolute atomic E-state index is 0.260. The maximum Gasteiger partial charge on any atom is 0.337 e. The van der Waals surface area contributed by atoms with Crippen LogP contribution in [0.1, 0.15) is 31.0 Å². The summed E-state index contributed by atoms with van der Waals surface area (Å²) in [6.45, 7) is 3.92. The van der Waals surface area contributed by atoms with Crippen molar-refractivity contribution < 1.29 is 9.53 Å². The molecule has 0 radical (unpaired) electrons. The molecule has 2 unspecified atom stereocenters. The Hall–Kier alpha value is -1.97. The highest BCUT2D eigenvalue weighted by atomic mass is 32.1. The number of thiol groups is 1. The van der Waals surface area contributed by atoms with Gasteiger partial charge >= 0.3 is 5.97 Å². The molecule has 1 aliphatic heterocycles. The number of ether oxygens (including phenoxy) is 1. The molecule has 1 aromatic carbocycles. The van der Waals surface area contributed by atoms with Crippen molar-refractivity contribution in [1.29, 1.82) is 5.26 Å². The van der Waals surface area contributed by atoms with E-state index in [1.807, 2.05) is 19.1 Å². The van der Waals surface area contributed by atoms with Crippen molar-refractivity contribution in [3.05, 3.63) is 46.7 Å². The van der Waals surface area contributed by atoms with Gasteiger partial charge in [-0.25, -0.2) is 4.79 Å². The third-order valence-corrected chi connectivity index (χ3v) is 3.52. The second kappa shape index (κ2) is 6.66. The second-order valence-corrected chi connectivity index (χ2v) is 5.16. The van der Waals surface area contributed by atoms with Crippen molar-refractivity contribution in [3.63, 3.8) is 0 Å². The van der Waals surface area contributed by atoms with Gasteiger partial charge in [0.25, 0.3) is 0 Å². The van der Waals surface area contributed by atoms with Gasteiger partial charge in [-0.3, -0.25) is 5.32 Å². The first-order valence-electron chi connectivity index (χ1n) is 6.65. The molecule has 2 atom stereocenters. The molecule has 2 N–H and O–H groups in total. The predicted octanol–water partition coefficient (Wildman–Crippen LogP) is 1.84. The predicted molar refractivity (Wildman–Crippen MR) is 82.3 cm³/mol. The quantitative estimate of drug-likeness (QED) is 0.587. The van der Waals surface area contributed by atoms with E-state index in [0.29, 0.717) is 17.7 Å². The Morgan fingerprint density at radius 1 is 1.43 bits per heavy atom. The fourth-order valence-corrected chi connectivity index (χ4v) is 2.62. The van der Waals surface area contributed by atoms with Crippen molar-refractivity contribution >= 4 is 18.6 Å². The van der Waals surface area contributed by atoms with Gasteiger partial charge in [0.2, 0.25) is 0 Å². The lowest BCUT2D eigenvalue weighted by Crippen LogP contribution is -2.46. The maximum atomic E-state index is 12.2. The zero-order valence-corrected chi connectivity index (χ0v) is 12.8. The molecule has 0 bridgehead atoms. The monoisotopic (exact) mass is 303 g/mol. The van der Waals surface area contributed by atoms with Crippen LogP contribution in [0.3, 0.4) is 0 Å². The van der Waals surface area contributed by atoms with E-state index < -0.39 is 0 Å². The first-order chi connectivity index (χ1) is 10.1. The number of carbonyl (C=O) groups is 1. The summed E-state index contributed by atoms with van der Waals surface area (Å²) in [4.78, 5) is 12.2. The number of carbonyl (C=O) groups excluding carboxylic acids is 1. The molecule has 2 rings (SSSR count). The molecule has 0 saturated heterocycles. The van der Waals surface area contributed by atoms with Crippen LogP contribution in [0.4, 0.5) is 0 Å². The summed E-state index contributed by atoms with van der Waals surface area (Å²) in [6.07, 6.45) is 0. The average molecular weight is 303 g/mol. The van der Waals surface area contributed by atoms with Gasteiger partial charge in [0.05, 0.1) is 29.9 Å². The van der Waals surface area contributed by atoms with E-state index in [1.165, 1.54) is 0 Å². The van der Waals surface area contributed by atoms with E-state index in [4.69, 9.17) is 10.00 Å². The summed E-state index contributed by atoms with van der Waals surface area (Å²) in [7, 11) is 0. The van der Waals surface area contributed by atoms with Gasteiger partial charge in [0.1, 0.15) is 5.50 Å². The summed E-state index contributed by atoms with van der Waals surface area (Å²) < 4.78 is 5.13. The molecule has 1 aromatic rings. The Labute approximate surface area is 129 Å². The van der Waals surface area contributed by atoms with Gasteiger partial charge < -0.3 is 10.1 Å². The fraction of sp³-hybridized carbons (Fsp3) is 0.333. The van der Waals surface area contributed by atoms with E-state index in [1.54, 1.807) is 19.1 Å². The molecule has 110 valence electrons. The minimum atomic E-state index is -0.357. The Bertz CT molecular complexity index is 604. The number of benzene rings is 1. The number of rotatable bonds is 3. The van der Waals surface area contributed by atoms with Gasteiger partial charge in [-0.1, -0.05) is 12.1 Å². The zero-order valence-electron chi connectivity index (χ0n) is 11.9. The molecule has 21 heavy (non-hydrogen) atoms. The third-order valence-electron chi connectivity index (χ3n) is 3.24. The highest BCUT2D eigenvalue weighted by molar-refractivity contribution is 7.80. The van der Waals surface area contributed by atoms with Gasteiger partial charge in [-0.15, -0.1) is 12.6 Å². The summed E-state index contributed by atoms with van der Waals surface area (Å²) in [6, 6.07) is 8.87. The van der Waals surface area contributed by atoms with Crippen LogP contribution in [0.5, 0.6) is 0 Å². The Morgan fingerprint density at radius 2 is 2.10 bits per heavy atom. The standard InChI is InChI=1S/C15H17N3O2S/c1-3-20-14(19)12-9(2)17-15(21)18-13(12)11-6-4-10(8-16)5-7-11/h4-7,13,15,17-18,21H,3H2,1-2H3. The number of allylic oxidation sites excluding steroid dienone is 1. The van der Waals surface area contributed by atoms with Crippen LogP contribution in [0.2, 0.25) is 0 Å². The van der Waals surface area contributed by atoms with Gasteiger partial charge in [0, 0.05) is 5.70 Å². The number of esters is 1. The smallest absolute Gasteiger partial charge is 0.337 e. The van der Waals surface area contributed by atoms with E-state index in [-0.39, 0.29) is 17.5 Å². The highest BCUT2D eigenvalue weighted by Gasteiger charge is 2.31. The summed E-state index contributed by atoms with van der Waals surface area (Å²) in [5, 5.41) is 15.1.